The summed E-state index contributed by atoms with van der Waals surface area (Å²) in [4.78, 5) is 10.3. The average molecular weight is 643 g/mol. The van der Waals surface area contributed by atoms with E-state index in [0.29, 0.717) is 12.1 Å². The van der Waals surface area contributed by atoms with Crippen molar-refractivity contribution in [3.8, 4) is 12.8 Å². The number of nitrogens with one attached hydrogen (secondary N) is 1. The summed E-state index contributed by atoms with van der Waals surface area (Å²) in [5, 5.41) is 21.1. The van der Waals surface area contributed by atoms with Gasteiger partial charge in [-0.05, 0) is 54.2 Å². The van der Waals surface area contributed by atoms with Gasteiger partial charge in [-0.3, -0.25) is 9.10 Å². The largest absolute Gasteiger partial charge is 0.430 e. The van der Waals surface area contributed by atoms with Crippen LogP contribution < -0.4 is 9.62 Å². The van der Waals surface area contributed by atoms with Crippen molar-refractivity contribution in [1.29, 1.82) is 0 Å². The maximum atomic E-state index is 13.1. The number of rotatable bonds is 5. The minimum absolute atomic E-state index is 0.00437. The van der Waals surface area contributed by atoms with Gasteiger partial charge in [-0.15, -0.1) is 12.8 Å². The number of anilines is 1. The Bertz CT molecular complexity index is 1350. The fraction of sp³-hybridized carbons (Fsp3) is 0.464. The van der Waals surface area contributed by atoms with E-state index in [0.717, 1.165) is 34.6 Å². The molecule has 2 aromatic carbocycles. The first-order valence-corrected chi connectivity index (χ1v) is 14.0. The predicted octanol–water partition coefficient (Wildman–Crippen LogP) is 5.06. The van der Waals surface area contributed by atoms with Gasteiger partial charge < -0.3 is 15.5 Å². The molecule has 0 aromatic heterocycles. The quantitative estimate of drug-likeness (QED) is 0.313. The normalized spacial score (nSPS) is 14.7. The van der Waals surface area contributed by atoms with Crippen LogP contribution in [0.5, 0.6) is 0 Å². The second-order valence-electron chi connectivity index (χ2n) is 10.5. The lowest BCUT2D eigenvalue weighted by Gasteiger charge is -2.35. The van der Waals surface area contributed by atoms with Crippen molar-refractivity contribution in [3.63, 3.8) is 0 Å². The number of benzene rings is 2. The fourth-order valence-corrected chi connectivity index (χ4v) is 5.58. The summed E-state index contributed by atoms with van der Waals surface area (Å²) >= 11 is 0. The summed E-state index contributed by atoms with van der Waals surface area (Å²) in [7, 11) is -4.24. The number of fused-ring (bicyclic) bond motifs is 1. The van der Waals surface area contributed by atoms with Crippen LogP contribution in [-0.4, -0.2) is 56.1 Å². The maximum Gasteiger partial charge on any atom is 0.430 e. The molecule has 1 atom stereocenters. The molecule has 3 rings (SSSR count). The van der Waals surface area contributed by atoms with Crippen LogP contribution in [0.3, 0.4) is 0 Å². The Hall–Kier alpha value is -3.35. The average Bonchev–Trinajstić information content (AvgIpc) is 2.90. The van der Waals surface area contributed by atoms with E-state index in [1.807, 2.05) is 20.8 Å². The molecule has 1 amide bonds. The zero-order valence-corrected chi connectivity index (χ0v) is 24.5. The van der Waals surface area contributed by atoms with Gasteiger partial charge in [0.25, 0.3) is 15.6 Å². The monoisotopic (exact) mass is 642 g/mol. The van der Waals surface area contributed by atoms with E-state index in [2.05, 4.69) is 18.2 Å². The van der Waals surface area contributed by atoms with Crippen LogP contribution in [0.25, 0.3) is 0 Å². The van der Waals surface area contributed by atoms with Crippen molar-refractivity contribution in [2.24, 2.45) is 5.41 Å². The van der Waals surface area contributed by atoms with Gasteiger partial charge in [0.1, 0.15) is 5.82 Å². The number of hydrogen-bond donors (Lipinski definition) is 3. The third-order valence-electron chi connectivity index (χ3n) is 6.40. The molecule has 0 saturated heterocycles. The molecule has 1 aliphatic rings. The van der Waals surface area contributed by atoms with Crippen molar-refractivity contribution in [3.05, 3.63) is 59.4 Å². The summed E-state index contributed by atoms with van der Waals surface area (Å²) in [6, 6.07) is 5.38. The maximum absolute atomic E-state index is 13.1. The van der Waals surface area contributed by atoms with Crippen LogP contribution in [0.1, 0.15) is 45.2 Å². The van der Waals surface area contributed by atoms with Crippen molar-refractivity contribution < 1.29 is 54.2 Å². The van der Waals surface area contributed by atoms with E-state index in [1.165, 1.54) is 6.92 Å². The summed E-state index contributed by atoms with van der Waals surface area (Å²) < 4.78 is 118. The molecule has 0 unspecified atom stereocenters. The minimum Gasteiger partial charge on any atom is -0.394 e. The Labute approximate surface area is 245 Å². The molecular weight excluding hydrogens is 609 g/mol. The molecule has 43 heavy (non-hydrogen) atoms. The Balaban J connectivity index is 0.000000602. The number of amides is 1. The highest BCUT2D eigenvalue weighted by Crippen LogP contribution is 2.51. The fourth-order valence-electron chi connectivity index (χ4n) is 4.04. The molecule has 2 aromatic rings. The highest BCUT2D eigenvalue weighted by atomic mass is 32.2. The molecule has 0 saturated carbocycles. The summed E-state index contributed by atoms with van der Waals surface area (Å²) in [6.45, 7) is 7.30. The van der Waals surface area contributed by atoms with Gasteiger partial charge in [0.15, 0.2) is 0 Å². The topological polar surface area (TPSA) is 107 Å². The number of nitrogens with zero attached hydrogens (tertiary/aromatic N) is 1. The first-order chi connectivity index (χ1) is 19.6. The number of terminal acetylenes is 1. The molecule has 15 heteroatoms. The number of carbonyl (C=O) groups excluding carboxylic acids is 1. The van der Waals surface area contributed by atoms with Gasteiger partial charge in [-0.25, -0.2) is 12.8 Å². The van der Waals surface area contributed by atoms with Crippen LogP contribution in [0.4, 0.5) is 36.4 Å². The highest BCUT2D eigenvalue weighted by molar-refractivity contribution is 7.92. The van der Waals surface area contributed by atoms with Crippen LogP contribution in [0.2, 0.25) is 0 Å². The van der Waals surface area contributed by atoms with E-state index >= 15 is 0 Å². The molecule has 0 fully saturated rings. The SMILES string of the molecule is C#C.CC(=O)N[C@H](CO)C(C)(C)C.O=S(=O)(c1ccc(F)cc1)N1CCCc2cc(C(O)(C(F)(F)F)C(F)(F)F)ccc21. The first kappa shape index (κ1) is 37.7. The van der Waals surface area contributed by atoms with Crippen LogP contribution in [0.15, 0.2) is 47.4 Å². The number of hydrogen-bond acceptors (Lipinski definition) is 5. The van der Waals surface area contributed by atoms with E-state index in [1.54, 1.807) is 0 Å². The van der Waals surface area contributed by atoms with Gasteiger partial charge in [0.2, 0.25) is 5.91 Å². The molecule has 1 heterocycles. The number of halogens is 7. The lowest BCUT2D eigenvalue weighted by Crippen LogP contribution is -2.54. The molecule has 0 bridgehead atoms. The third-order valence-corrected chi connectivity index (χ3v) is 8.23. The number of sulfonamides is 1. The van der Waals surface area contributed by atoms with Crippen LogP contribution in [0, 0.1) is 24.1 Å². The van der Waals surface area contributed by atoms with Gasteiger partial charge >= 0.3 is 12.4 Å². The van der Waals surface area contributed by atoms with Gasteiger partial charge in [0.05, 0.1) is 23.2 Å². The standard InChI is InChI=1S/C18H14F7NO3S.C8H17NO2.C2H2/c19-13-4-6-14(7-5-13)30(28,29)26-9-1-2-11-10-12(3-8-15(11)26)16(27,17(20,21)22)18(23,24)25;1-6(11)9-7(5-10)8(2,3)4;1-2/h3-8,10,27H,1-2,9H2;7,10H,5H2,1-4H3,(H,9,11);1-2H/t;7-;/m.1./s1. The van der Waals surface area contributed by atoms with Gasteiger partial charge in [-0.1, -0.05) is 32.9 Å². The lowest BCUT2D eigenvalue weighted by atomic mass is 9.87. The van der Waals surface area contributed by atoms with E-state index < -0.39 is 39.4 Å². The summed E-state index contributed by atoms with van der Waals surface area (Å²) in [5.41, 5.74) is -6.85. The van der Waals surface area contributed by atoms with Crippen LogP contribution >= 0.6 is 0 Å². The van der Waals surface area contributed by atoms with Crippen molar-refractivity contribution >= 4 is 21.6 Å². The second-order valence-corrected chi connectivity index (χ2v) is 12.3. The first-order valence-electron chi connectivity index (χ1n) is 12.6. The third kappa shape index (κ3) is 8.61. The molecule has 7 nitrogen and oxygen atoms in total. The lowest BCUT2D eigenvalue weighted by molar-refractivity contribution is -0.376. The van der Waals surface area contributed by atoms with E-state index in [4.69, 9.17) is 5.11 Å². The molecule has 1 aliphatic heterocycles. The van der Waals surface area contributed by atoms with Crippen molar-refractivity contribution in [1.82, 2.24) is 5.32 Å². The number of aliphatic hydroxyl groups is 2. The second kappa shape index (κ2) is 14.0. The molecule has 240 valence electrons. The van der Waals surface area contributed by atoms with Crippen molar-refractivity contribution in [2.75, 3.05) is 17.5 Å². The Morgan fingerprint density at radius 2 is 1.51 bits per heavy atom. The van der Waals surface area contributed by atoms with Gasteiger partial charge in [-0.2, -0.15) is 26.3 Å². The molecule has 3 N–H and O–H groups in total. The van der Waals surface area contributed by atoms with Gasteiger partial charge in [0, 0.05) is 19.0 Å². The Morgan fingerprint density at radius 3 is 1.91 bits per heavy atom. The summed E-state index contributed by atoms with van der Waals surface area (Å²) in [5.74, 6) is -0.782. The number of aliphatic hydroxyl groups excluding tert-OH is 1. The summed E-state index contributed by atoms with van der Waals surface area (Å²) in [6.07, 6.45) is -3.97. The Kier molecular flexibility index (Phi) is 12.2. The Morgan fingerprint density at radius 1 is 1.00 bits per heavy atom. The smallest absolute Gasteiger partial charge is 0.394 e. The number of alkyl halides is 6. The van der Waals surface area contributed by atoms with E-state index in [-0.39, 0.29) is 59.5 Å². The molecule has 0 radical (unpaired) electrons. The molecule has 0 spiro atoms. The molecule has 0 aliphatic carbocycles. The predicted molar refractivity (Wildman–Crippen MR) is 146 cm³/mol. The highest BCUT2D eigenvalue weighted by Gasteiger charge is 2.71. The number of aryl methyl sites for hydroxylation is 1. The zero-order valence-electron chi connectivity index (χ0n) is 23.7. The van der Waals surface area contributed by atoms with E-state index in [9.17, 15) is 49.1 Å². The minimum atomic E-state index is -6.05. The van der Waals surface area contributed by atoms with Crippen molar-refractivity contribution in [2.45, 2.75) is 69.4 Å². The number of carbonyl (C=O) groups is 1. The zero-order chi connectivity index (χ0) is 33.6. The molecular formula is C28H33F7N2O5S. The van der Waals surface area contributed by atoms with Crippen LogP contribution in [-0.2, 0) is 26.8 Å².